The highest BCUT2D eigenvalue weighted by molar-refractivity contribution is 14.0. The van der Waals surface area contributed by atoms with Gasteiger partial charge in [-0.25, -0.2) is 0 Å². The van der Waals surface area contributed by atoms with Crippen LogP contribution in [0.2, 0.25) is 0 Å². The summed E-state index contributed by atoms with van der Waals surface area (Å²) in [6.07, 6.45) is 3.75. The van der Waals surface area contributed by atoms with Crippen LogP contribution in [0.5, 0.6) is 0 Å². The van der Waals surface area contributed by atoms with Gasteiger partial charge in [-0.2, -0.15) is 0 Å². The molecule has 1 aromatic rings. The van der Waals surface area contributed by atoms with Crippen LogP contribution in [0.3, 0.4) is 0 Å². The van der Waals surface area contributed by atoms with E-state index in [-0.39, 0.29) is 24.0 Å². The SMILES string of the molecule is CN=C(NCCC(C)c1ccccc1)NCC1CCCO1.I. The van der Waals surface area contributed by atoms with Crippen LogP contribution in [-0.4, -0.2) is 38.8 Å². The Bertz CT molecular complexity index is 433. The van der Waals surface area contributed by atoms with Gasteiger partial charge in [0.1, 0.15) is 0 Å². The number of nitrogens with one attached hydrogen (secondary N) is 2. The molecule has 5 heteroatoms. The van der Waals surface area contributed by atoms with E-state index in [4.69, 9.17) is 4.74 Å². The second-order valence-electron chi connectivity index (χ2n) is 5.62. The van der Waals surface area contributed by atoms with Crippen molar-refractivity contribution in [3.8, 4) is 0 Å². The second kappa shape index (κ2) is 10.8. The zero-order valence-electron chi connectivity index (χ0n) is 13.5. The predicted octanol–water partition coefficient (Wildman–Crippen LogP) is 3.14. The largest absolute Gasteiger partial charge is 0.376 e. The Balaban J connectivity index is 0.00000242. The predicted molar refractivity (Wildman–Crippen MR) is 103 cm³/mol. The molecule has 2 N–H and O–H groups in total. The monoisotopic (exact) mass is 417 g/mol. The summed E-state index contributed by atoms with van der Waals surface area (Å²) in [4.78, 5) is 4.26. The standard InChI is InChI=1S/C17H27N3O.HI/c1-14(15-7-4-3-5-8-15)10-11-19-17(18-2)20-13-16-9-6-12-21-16;/h3-5,7-8,14,16H,6,9-13H2,1-2H3,(H2,18,19,20);1H. The molecular formula is C17H28IN3O. The lowest BCUT2D eigenvalue weighted by Crippen LogP contribution is -2.41. The number of hydrogen-bond donors (Lipinski definition) is 2. The van der Waals surface area contributed by atoms with E-state index in [0.29, 0.717) is 12.0 Å². The molecule has 0 aliphatic carbocycles. The van der Waals surface area contributed by atoms with Crippen LogP contribution < -0.4 is 10.6 Å². The molecule has 1 aliphatic rings. The molecule has 1 fully saturated rings. The van der Waals surface area contributed by atoms with Gasteiger partial charge >= 0.3 is 0 Å². The summed E-state index contributed by atoms with van der Waals surface area (Å²) in [5.74, 6) is 1.42. The molecule has 2 rings (SSSR count). The quantitative estimate of drug-likeness (QED) is 0.425. The van der Waals surface area contributed by atoms with Gasteiger partial charge in [-0.3, -0.25) is 4.99 Å². The molecule has 1 aromatic carbocycles. The summed E-state index contributed by atoms with van der Waals surface area (Å²) >= 11 is 0. The van der Waals surface area contributed by atoms with Crippen molar-refractivity contribution in [3.05, 3.63) is 35.9 Å². The molecule has 0 aromatic heterocycles. The normalized spacial score (nSPS) is 19.4. The van der Waals surface area contributed by atoms with E-state index >= 15 is 0 Å². The molecule has 124 valence electrons. The molecule has 0 amide bonds. The molecule has 1 saturated heterocycles. The molecule has 1 aliphatic heterocycles. The maximum absolute atomic E-state index is 5.60. The van der Waals surface area contributed by atoms with E-state index in [0.717, 1.165) is 38.5 Å². The Hall–Kier alpha value is -0.820. The third-order valence-corrected chi connectivity index (χ3v) is 3.98. The Morgan fingerprint density at radius 1 is 1.32 bits per heavy atom. The van der Waals surface area contributed by atoms with E-state index in [1.54, 1.807) is 0 Å². The second-order valence-corrected chi connectivity index (χ2v) is 5.62. The lowest BCUT2D eigenvalue weighted by atomic mass is 9.98. The summed E-state index contributed by atoms with van der Waals surface area (Å²) in [6, 6.07) is 10.6. The number of nitrogens with zero attached hydrogens (tertiary/aromatic N) is 1. The van der Waals surface area contributed by atoms with Gasteiger partial charge < -0.3 is 15.4 Å². The summed E-state index contributed by atoms with van der Waals surface area (Å²) in [7, 11) is 1.81. The van der Waals surface area contributed by atoms with Crippen molar-refractivity contribution in [3.63, 3.8) is 0 Å². The lowest BCUT2D eigenvalue weighted by molar-refractivity contribution is 0.114. The van der Waals surface area contributed by atoms with Crippen LogP contribution in [0.15, 0.2) is 35.3 Å². The Labute approximate surface area is 151 Å². The molecule has 2 unspecified atom stereocenters. The highest BCUT2D eigenvalue weighted by Crippen LogP contribution is 2.17. The minimum atomic E-state index is 0. The van der Waals surface area contributed by atoms with Crippen LogP contribution >= 0.6 is 24.0 Å². The third-order valence-electron chi connectivity index (χ3n) is 3.98. The molecule has 4 nitrogen and oxygen atoms in total. The van der Waals surface area contributed by atoms with E-state index in [1.165, 1.54) is 12.0 Å². The summed E-state index contributed by atoms with van der Waals surface area (Å²) in [6.45, 7) is 4.92. The summed E-state index contributed by atoms with van der Waals surface area (Å²) < 4.78 is 5.60. The zero-order valence-corrected chi connectivity index (χ0v) is 15.9. The van der Waals surface area contributed by atoms with Crippen LogP contribution in [0.25, 0.3) is 0 Å². The van der Waals surface area contributed by atoms with Gasteiger partial charge in [0.25, 0.3) is 0 Å². The van der Waals surface area contributed by atoms with E-state index in [9.17, 15) is 0 Å². The van der Waals surface area contributed by atoms with E-state index in [1.807, 2.05) is 7.05 Å². The highest BCUT2D eigenvalue weighted by atomic mass is 127. The van der Waals surface area contributed by atoms with Gasteiger partial charge in [0, 0.05) is 26.7 Å². The summed E-state index contributed by atoms with van der Waals surface area (Å²) in [5.41, 5.74) is 1.39. The molecule has 0 saturated carbocycles. The van der Waals surface area contributed by atoms with E-state index in [2.05, 4.69) is 52.9 Å². The van der Waals surface area contributed by atoms with Crippen molar-refractivity contribution in [2.24, 2.45) is 4.99 Å². The molecular weight excluding hydrogens is 389 g/mol. The van der Waals surface area contributed by atoms with E-state index < -0.39 is 0 Å². The fourth-order valence-corrected chi connectivity index (χ4v) is 2.59. The van der Waals surface area contributed by atoms with Crippen molar-refractivity contribution in [1.82, 2.24) is 10.6 Å². The van der Waals surface area contributed by atoms with Gasteiger partial charge in [0.15, 0.2) is 5.96 Å². The smallest absolute Gasteiger partial charge is 0.191 e. The first-order valence-electron chi connectivity index (χ1n) is 7.90. The maximum Gasteiger partial charge on any atom is 0.191 e. The van der Waals surface area contributed by atoms with Crippen molar-refractivity contribution < 1.29 is 4.74 Å². The molecule has 0 bridgehead atoms. The molecule has 0 radical (unpaired) electrons. The highest BCUT2D eigenvalue weighted by Gasteiger charge is 2.15. The topological polar surface area (TPSA) is 45.7 Å². The number of aliphatic imine (C=N–C) groups is 1. The first-order chi connectivity index (χ1) is 10.3. The van der Waals surface area contributed by atoms with Crippen LogP contribution in [-0.2, 0) is 4.74 Å². The average molecular weight is 417 g/mol. The number of ether oxygens (including phenoxy) is 1. The Morgan fingerprint density at radius 2 is 2.09 bits per heavy atom. The average Bonchev–Trinajstić information content (AvgIpc) is 3.04. The number of benzene rings is 1. The number of hydrogen-bond acceptors (Lipinski definition) is 2. The Kier molecular flexibility index (Phi) is 9.47. The van der Waals surface area contributed by atoms with Crippen LogP contribution in [0, 0.1) is 0 Å². The van der Waals surface area contributed by atoms with Gasteiger partial charge in [0.05, 0.1) is 6.10 Å². The van der Waals surface area contributed by atoms with Gasteiger partial charge in [0.2, 0.25) is 0 Å². The fraction of sp³-hybridized carbons (Fsp3) is 0.588. The summed E-state index contributed by atoms with van der Waals surface area (Å²) in [5, 5.41) is 6.72. The van der Waals surface area contributed by atoms with Crippen molar-refractivity contribution in [2.75, 3.05) is 26.7 Å². The first-order valence-corrected chi connectivity index (χ1v) is 7.90. The van der Waals surface area contributed by atoms with Crippen molar-refractivity contribution in [2.45, 2.75) is 38.2 Å². The van der Waals surface area contributed by atoms with Gasteiger partial charge in [-0.05, 0) is 30.7 Å². The lowest BCUT2D eigenvalue weighted by Gasteiger charge is -2.16. The minimum absolute atomic E-state index is 0. The first kappa shape index (κ1) is 19.2. The zero-order chi connectivity index (χ0) is 14.9. The maximum atomic E-state index is 5.60. The van der Waals surface area contributed by atoms with Gasteiger partial charge in [-0.1, -0.05) is 37.3 Å². The fourth-order valence-electron chi connectivity index (χ4n) is 2.59. The molecule has 0 spiro atoms. The number of rotatable bonds is 6. The molecule has 22 heavy (non-hydrogen) atoms. The number of guanidine groups is 1. The van der Waals surface area contributed by atoms with Crippen LogP contribution in [0.1, 0.15) is 37.7 Å². The molecule has 2 atom stereocenters. The third kappa shape index (κ3) is 6.52. The van der Waals surface area contributed by atoms with Gasteiger partial charge in [-0.15, -0.1) is 24.0 Å². The number of halogens is 1. The Morgan fingerprint density at radius 3 is 2.73 bits per heavy atom. The molecule has 1 heterocycles. The van der Waals surface area contributed by atoms with Crippen molar-refractivity contribution in [1.29, 1.82) is 0 Å². The van der Waals surface area contributed by atoms with Crippen molar-refractivity contribution >= 4 is 29.9 Å². The minimum Gasteiger partial charge on any atom is -0.376 e. The van der Waals surface area contributed by atoms with Crippen LogP contribution in [0.4, 0.5) is 0 Å².